The first-order valence-corrected chi connectivity index (χ1v) is 8.46. The van der Waals surface area contributed by atoms with Crippen LogP contribution in [0.5, 0.6) is 0 Å². The number of nitrogens with zero attached hydrogens (tertiary/aromatic N) is 4. The van der Waals surface area contributed by atoms with Crippen molar-refractivity contribution in [1.82, 2.24) is 14.5 Å². The number of carbonyl (C=O) groups is 1. The highest BCUT2D eigenvalue weighted by molar-refractivity contribution is 6.18. The second-order valence-corrected chi connectivity index (χ2v) is 6.48. The van der Waals surface area contributed by atoms with Crippen LogP contribution in [0, 0.1) is 10.1 Å². The maximum atomic E-state index is 13.1. The van der Waals surface area contributed by atoms with Gasteiger partial charge >= 0.3 is 0 Å². The Morgan fingerprint density at radius 3 is 2.77 bits per heavy atom. The minimum Gasteiger partial charge on any atom is -0.383 e. The van der Waals surface area contributed by atoms with E-state index in [0.29, 0.717) is 16.6 Å². The first-order valence-electron chi connectivity index (χ1n) is 8.46. The molecule has 4 rings (SSSR count). The third-order valence-corrected chi connectivity index (χ3v) is 4.92. The molecule has 0 spiro atoms. The number of benzene rings is 1. The molecule has 0 radical (unpaired) electrons. The van der Waals surface area contributed by atoms with Crippen LogP contribution < -0.4 is 5.73 Å². The monoisotopic (exact) mass is 351 g/mol. The number of nitro benzene ring substituents is 1. The minimum atomic E-state index is -0.518. The lowest BCUT2D eigenvalue weighted by atomic mass is 10.0. The lowest BCUT2D eigenvalue weighted by Gasteiger charge is -2.12. The number of hydrogen-bond donors (Lipinski definition) is 1. The predicted octanol–water partition coefficient (Wildman–Crippen LogP) is 3.27. The van der Waals surface area contributed by atoms with E-state index in [9.17, 15) is 14.9 Å². The van der Waals surface area contributed by atoms with Gasteiger partial charge in [-0.15, -0.1) is 0 Å². The molecular weight excluding hydrogens is 334 g/mol. The molecule has 3 aromatic rings. The van der Waals surface area contributed by atoms with Crippen molar-refractivity contribution in [2.75, 3.05) is 5.73 Å². The van der Waals surface area contributed by atoms with Crippen molar-refractivity contribution in [2.24, 2.45) is 0 Å². The van der Waals surface area contributed by atoms with Gasteiger partial charge in [-0.2, -0.15) is 0 Å². The molecule has 1 aliphatic carbocycles. The highest BCUT2D eigenvalue weighted by Gasteiger charge is 2.26. The second-order valence-electron chi connectivity index (χ2n) is 6.48. The molecule has 1 aliphatic rings. The van der Waals surface area contributed by atoms with Crippen molar-refractivity contribution in [2.45, 2.75) is 31.7 Å². The fourth-order valence-corrected chi connectivity index (χ4v) is 3.66. The van der Waals surface area contributed by atoms with E-state index in [-0.39, 0.29) is 28.9 Å². The molecule has 0 saturated heterocycles. The largest absolute Gasteiger partial charge is 0.383 e. The molecule has 1 saturated carbocycles. The zero-order chi connectivity index (χ0) is 18.3. The van der Waals surface area contributed by atoms with Crippen molar-refractivity contribution in [3.63, 3.8) is 0 Å². The highest BCUT2D eigenvalue weighted by atomic mass is 16.6. The smallest absolute Gasteiger partial charge is 0.270 e. The maximum Gasteiger partial charge on any atom is 0.270 e. The summed E-state index contributed by atoms with van der Waals surface area (Å²) in [6.07, 6.45) is 7.49. The van der Waals surface area contributed by atoms with Gasteiger partial charge in [-0.05, 0) is 12.8 Å². The molecule has 26 heavy (non-hydrogen) atoms. The summed E-state index contributed by atoms with van der Waals surface area (Å²) >= 11 is 0. The molecule has 0 atom stereocenters. The summed E-state index contributed by atoms with van der Waals surface area (Å²) in [6.45, 7) is 0. The van der Waals surface area contributed by atoms with Crippen LogP contribution in [0.15, 0.2) is 36.8 Å². The molecule has 1 fully saturated rings. The van der Waals surface area contributed by atoms with Crippen LogP contribution in [0.2, 0.25) is 0 Å². The number of nitrogen functional groups attached to an aromatic ring is 1. The van der Waals surface area contributed by atoms with E-state index >= 15 is 0 Å². The van der Waals surface area contributed by atoms with E-state index in [1.807, 2.05) is 4.57 Å². The summed E-state index contributed by atoms with van der Waals surface area (Å²) < 4.78 is 2.00. The molecule has 132 valence electrons. The van der Waals surface area contributed by atoms with Crippen molar-refractivity contribution < 1.29 is 9.72 Å². The van der Waals surface area contributed by atoms with Gasteiger partial charge in [0.25, 0.3) is 5.69 Å². The number of ketones is 1. The van der Waals surface area contributed by atoms with Crippen LogP contribution in [0.25, 0.3) is 11.0 Å². The first-order chi connectivity index (χ1) is 12.6. The lowest BCUT2D eigenvalue weighted by molar-refractivity contribution is -0.384. The number of fused-ring (bicyclic) bond motifs is 1. The quantitative estimate of drug-likeness (QED) is 0.438. The van der Waals surface area contributed by atoms with Gasteiger partial charge in [-0.25, -0.2) is 9.97 Å². The predicted molar refractivity (Wildman–Crippen MR) is 96.0 cm³/mol. The van der Waals surface area contributed by atoms with Gasteiger partial charge in [0.2, 0.25) is 0 Å². The highest BCUT2D eigenvalue weighted by Crippen LogP contribution is 2.35. The molecule has 0 unspecified atom stereocenters. The number of anilines is 1. The molecular formula is C18H17N5O3. The Labute approximate surface area is 148 Å². The number of hydrogen-bond acceptors (Lipinski definition) is 6. The summed E-state index contributed by atoms with van der Waals surface area (Å²) in [5.41, 5.74) is 7.17. The number of rotatable bonds is 4. The SMILES string of the molecule is Nc1ncnc2c1c(C(=O)c1cccc([N+](=O)[O-])c1)cn2C1CCCC1. The number of carbonyl (C=O) groups excluding carboxylic acids is 1. The standard InChI is InChI=1S/C18H17N5O3/c19-17-15-14(16(24)11-4-3-7-13(8-11)23(25)26)9-22(12-5-1-2-6-12)18(15)21-10-20-17/h3-4,7-10,12H,1-2,5-6H2,(H2,19,20,21). The maximum absolute atomic E-state index is 13.1. The Hall–Kier alpha value is -3.29. The molecule has 8 nitrogen and oxygen atoms in total. The topological polar surface area (TPSA) is 117 Å². The van der Waals surface area contributed by atoms with Gasteiger partial charge < -0.3 is 10.3 Å². The number of non-ortho nitro benzene ring substituents is 1. The van der Waals surface area contributed by atoms with Crippen LogP contribution in [0.4, 0.5) is 11.5 Å². The van der Waals surface area contributed by atoms with Crippen LogP contribution in [0.3, 0.4) is 0 Å². The Balaban J connectivity index is 1.87. The molecule has 0 amide bonds. The van der Waals surface area contributed by atoms with Crippen LogP contribution in [-0.2, 0) is 0 Å². The van der Waals surface area contributed by atoms with Gasteiger partial charge in [-0.3, -0.25) is 14.9 Å². The lowest BCUT2D eigenvalue weighted by Crippen LogP contribution is -2.04. The van der Waals surface area contributed by atoms with Gasteiger partial charge in [0.1, 0.15) is 17.8 Å². The van der Waals surface area contributed by atoms with Crippen LogP contribution in [-0.4, -0.2) is 25.2 Å². The van der Waals surface area contributed by atoms with Gasteiger partial charge in [0.15, 0.2) is 5.78 Å². The zero-order valence-electron chi connectivity index (χ0n) is 14.0. The molecule has 0 aliphatic heterocycles. The first kappa shape index (κ1) is 16.2. The normalized spacial score (nSPS) is 14.8. The Bertz CT molecular complexity index is 1020. The Morgan fingerprint density at radius 1 is 1.27 bits per heavy atom. The molecule has 2 aromatic heterocycles. The van der Waals surface area contributed by atoms with Crippen molar-refractivity contribution in [3.05, 3.63) is 58.0 Å². The van der Waals surface area contributed by atoms with Crippen LogP contribution >= 0.6 is 0 Å². The van der Waals surface area contributed by atoms with Crippen molar-refractivity contribution in [1.29, 1.82) is 0 Å². The minimum absolute atomic E-state index is 0.125. The van der Waals surface area contributed by atoms with Gasteiger partial charge in [0, 0.05) is 29.9 Å². The summed E-state index contributed by atoms with van der Waals surface area (Å²) in [5.74, 6) is -0.0857. The van der Waals surface area contributed by atoms with Gasteiger partial charge in [-0.1, -0.05) is 25.0 Å². The fourth-order valence-electron chi connectivity index (χ4n) is 3.66. The summed E-state index contributed by atoms with van der Waals surface area (Å²) in [7, 11) is 0. The van der Waals surface area contributed by atoms with Crippen LogP contribution in [0.1, 0.15) is 47.6 Å². The zero-order valence-corrected chi connectivity index (χ0v) is 14.0. The molecule has 2 N–H and O–H groups in total. The number of nitrogens with two attached hydrogens (primary N) is 1. The number of aromatic nitrogens is 3. The Kier molecular flexibility index (Phi) is 3.87. The third-order valence-electron chi connectivity index (χ3n) is 4.92. The summed E-state index contributed by atoms with van der Waals surface area (Å²) in [6, 6.07) is 5.98. The molecule has 2 heterocycles. The summed E-state index contributed by atoms with van der Waals surface area (Å²) in [4.78, 5) is 31.9. The van der Waals surface area contributed by atoms with E-state index in [1.54, 1.807) is 12.3 Å². The number of nitro groups is 1. The van der Waals surface area contributed by atoms with Gasteiger partial charge in [0.05, 0.1) is 15.9 Å². The average Bonchev–Trinajstić information content (AvgIpc) is 3.29. The molecule has 0 bridgehead atoms. The molecule has 1 aromatic carbocycles. The molecule has 8 heteroatoms. The van der Waals surface area contributed by atoms with E-state index in [4.69, 9.17) is 5.73 Å². The van der Waals surface area contributed by atoms with E-state index in [1.165, 1.54) is 24.5 Å². The fraction of sp³-hybridized carbons (Fsp3) is 0.278. The second kappa shape index (κ2) is 6.21. The van der Waals surface area contributed by atoms with Crippen molar-refractivity contribution in [3.8, 4) is 0 Å². The van der Waals surface area contributed by atoms with Crippen molar-refractivity contribution >= 4 is 28.3 Å². The van der Waals surface area contributed by atoms with E-state index < -0.39 is 4.92 Å². The van der Waals surface area contributed by atoms with E-state index in [0.717, 1.165) is 25.7 Å². The van der Waals surface area contributed by atoms with E-state index in [2.05, 4.69) is 9.97 Å². The third kappa shape index (κ3) is 2.59. The average molecular weight is 351 g/mol. The Morgan fingerprint density at radius 2 is 2.04 bits per heavy atom. The summed E-state index contributed by atoms with van der Waals surface area (Å²) in [5, 5.41) is 11.5.